The number of ether oxygens (including phenoxy) is 1. The predicted octanol–water partition coefficient (Wildman–Crippen LogP) is 2.95. The van der Waals surface area contributed by atoms with Gasteiger partial charge in [0.25, 0.3) is 0 Å². The van der Waals surface area contributed by atoms with Crippen LogP contribution in [0.5, 0.6) is 0 Å². The monoisotopic (exact) mass is 486 g/mol. The Bertz CT molecular complexity index is 1080. The minimum absolute atomic E-state index is 0.0227. The zero-order valence-electron chi connectivity index (χ0n) is 21.4. The van der Waals surface area contributed by atoms with Crippen LogP contribution in [0.25, 0.3) is 0 Å². The lowest BCUT2D eigenvalue weighted by molar-refractivity contribution is -0.279. The molecule has 0 aromatic carbocycles. The first-order valence-corrected chi connectivity index (χ1v) is 13.0. The summed E-state index contributed by atoms with van der Waals surface area (Å²) in [6.45, 7) is 8.73. The second-order valence-corrected chi connectivity index (χ2v) is 12.4. The number of esters is 1. The zero-order chi connectivity index (χ0) is 25.8. The Morgan fingerprint density at radius 1 is 1.03 bits per heavy atom. The van der Waals surface area contributed by atoms with E-state index in [1.54, 1.807) is 6.92 Å². The molecule has 3 N–H and O–H groups in total. The lowest BCUT2D eigenvalue weighted by atomic mass is 9.44. The van der Waals surface area contributed by atoms with E-state index in [-0.39, 0.29) is 49.1 Å². The van der Waals surface area contributed by atoms with Crippen molar-refractivity contribution in [1.82, 2.24) is 0 Å². The van der Waals surface area contributed by atoms with Gasteiger partial charge in [-0.05, 0) is 71.6 Å². The summed E-state index contributed by atoms with van der Waals surface area (Å²) in [7, 11) is 0. The van der Waals surface area contributed by atoms with E-state index in [1.165, 1.54) is 6.92 Å². The molecule has 4 aliphatic carbocycles. The van der Waals surface area contributed by atoms with Crippen LogP contribution in [0.3, 0.4) is 0 Å². The lowest BCUT2D eigenvalue weighted by Crippen LogP contribution is -2.72. The third-order valence-electron chi connectivity index (χ3n) is 11.3. The summed E-state index contributed by atoms with van der Waals surface area (Å²) in [6, 6.07) is 0. The number of Topliss-reactive ketones (excluding diaryl/α,β-unsaturated/α-hetero) is 2. The van der Waals surface area contributed by atoms with Crippen LogP contribution in [0.4, 0.5) is 0 Å². The number of allylic oxidation sites excluding steroid dienone is 2. The molecule has 3 saturated carbocycles. The van der Waals surface area contributed by atoms with Gasteiger partial charge in [-0.25, -0.2) is 4.79 Å². The summed E-state index contributed by atoms with van der Waals surface area (Å²) in [5, 5.41) is 36.5. The molecule has 0 saturated heterocycles. The van der Waals surface area contributed by atoms with E-state index >= 15 is 0 Å². The van der Waals surface area contributed by atoms with Crippen LogP contribution in [0.1, 0.15) is 86.0 Å². The molecule has 1 aliphatic heterocycles. The number of ketones is 2. The first kappa shape index (κ1) is 24.8. The van der Waals surface area contributed by atoms with Crippen LogP contribution in [-0.2, 0) is 19.1 Å². The van der Waals surface area contributed by atoms with Gasteiger partial charge in [0, 0.05) is 35.8 Å². The molecule has 0 amide bonds. The number of cyclic esters (lactones) is 1. The van der Waals surface area contributed by atoms with Crippen LogP contribution >= 0.6 is 0 Å². The summed E-state index contributed by atoms with van der Waals surface area (Å²) >= 11 is 0. The number of fused-ring (bicyclic) bond motifs is 5. The average molecular weight is 487 g/mol. The third kappa shape index (κ3) is 2.81. The van der Waals surface area contributed by atoms with E-state index in [4.69, 9.17) is 4.74 Å². The molecule has 35 heavy (non-hydrogen) atoms. The molecular formula is C28H38O7. The quantitative estimate of drug-likeness (QED) is 0.513. The van der Waals surface area contributed by atoms with Gasteiger partial charge in [0.15, 0.2) is 5.78 Å². The van der Waals surface area contributed by atoms with Crippen molar-refractivity contribution < 1.29 is 34.4 Å². The second kappa shape index (κ2) is 7.36. The molecule has 0 bridgehead atoms. The largest absolute Gasteiger partial charge is 0.455 e. The highest BCUT2D eigenvalue weighted by Crippen LogP contribution is 2.70. The molecule has 5 aliphatic rings. The molecule has 0 spiro atoms. The van der Waals surface area contributed by atoms with Crippen molar-refractivity contribution in [1.29, 1.82) is 0 Å². The van der Waals surface area contributed by atoms with Crippen LogP contribution in [0.2, 0.25) is 0 Å². The van der Waals surface area contributed by atoms with Gasteiger partial charge in [0.05, 0.1) is 11.0 Å². The topological polar surface area (TPSA) is 121 Å². The van der Waals surface area contributed by atoms with Crippen LogP contribution < -0.4 is 0 Å². The summed E-state index contributed by atoms with van der Waals surface area (Å²) in [5.41, 5.74) is -4.95. The molecule has 3 fully saturated rings. The Hall–Kier alpha value is -1.83. The zero-order valence-corrected chi connectivity index (χ0v) is 21.4. The van der Waals surface area contributed by atoms with Gasteiger partial charge in [0.1, 0.15) is 23.1 Å². The van der Waals surface area contributed by atoms with E-state index in [0.717, 1.165) is 5.57 Å². The SMILES string of the molecule is CC1=C(C)C(=O)O[C@@H]([C@](C)(O)[C@]2(O)CC[C@@]3(O)[C@@H]4CC=C5C(=O)CCC(=O)[C@]5(C)[C@H]4CC[C@]23C)C1. The minimum Gasteiger partial charge on any atom is -0.455 e. The number of carbonyl (C=O) groups excluding carboxylic acids is 3. The van der Waals surface area contributed by atoms with Gasteiger partial charge in [-0.15, -0.1) is 0 Å². The maximum Gasteiger partial charge on any atom is 0.334 e. The first-order valence-electron chi connectivity index (χ1n) is 13.0. The smallest absolute Gasteiger partial charge is 0.334 e. The molecular weight excluding hydrogens is 448 g/mol. The number of carbonyl (C=O) groups is 3. The van der Waals surface area contributed by atoms with E-state index in [9.17, 15) is 29.7 Å². The second-order valence-electron chi connectivity index (χ2n) is 12.4. The van der Waals surface area contributed by atoms with E-state index in [2.05, 4.69) is 0 Å². The summed E-state index contributed by atoms with van der Waals surface area (Å²) < 4.78 is 5.61. The van der Waals surface area contributed by atoms with Gasteiger partial charge < -0.3 is 20.1 Å². The molecule has 0 radical (unpaired) electrons. The van der Waals surface area contributed by atoms with Gasteiger partial charge in [-0.3, -0.25) is 9.59 Å². The molecule has 7 heteroatoms. The highest BCUT2D eigenvalue weighted by molar-refractivity contribution is 6.09. The van der Waals surface area contributed by atoms with Gasteiger partial charge in [0.2, 0.25) is 0 Å². The maximum absolute atomic E-state index is 13.2. The van der Waals surface area contributed by atoms with Crippen molar-refractivity contribution in [3.05, 3.63) is 22.8 Å². The number of aliphatic hydroxyl groups is 3. The van der Waals surface area contributed by atoms with Crippen molar-refractivity contribution >= 4 is 17.5 Å². The standard InChI is InChI=1S/C28H38O7/c1-15-14-22(35-23(31)16(15)2)26(5,32)28(34)13-12-27(33)18-6-7-19-20(29)8-9-21(30)25(19,4)17(18)10-11-24(27,28)3/h7,17-18,22,32-34H,6,8-14H2,1-5H3/t17-,18+,22+,24-,25+,26-,27+,28-/m0/s1. The molecule has 0 unspecified atom stereocenters. The Balaban J connectivity index is 1.54. The fourth-order valence-electron chi connectivity index (χ4n) is 8.62. The van der Waals surface area contributed by atoms with Crippen molar-refractivity contribution in [2.45, 2.75) is 109 Å². The Morgan fingerprint density at radius 2 is 1.71 bits per heavy atom. The number of rotatable bonds is 2. The molecule has 1 heterocycles. The molecule has 192 valence electrons. The molecule has 8 atom stereocenters. The fraction of sp³-hybridized carbons (Fsp3) is 0.750. The molecule has 5 rings (SSSR count). The van der Waals surface area contributed by atoms with E-state index in [1.807, 2.05) is 26.8 Å². The number of hydrogen-bond acceptors (Lipinski definition) is 7. The third-order valence-corrected chi connectivity index (χ3v) is 11.3. The minimum atomic E-state index is -1.80. The summed E-state index contributed by atoms with van der Waals surface area (Å²) in [5.74, 6) is -0.952. The van der Waals surface area contributed by atoms with Crippen molar-refractivity contribution in [3.8, 4) is 0 Å². The average Bonchev–Trinajstić information content (AvgIpc) is 3.02. The van der Waals surface area contributed by atoms with Crippen molar-refractivity contribution in [2.75, 3.05) is 0 Å². The summed E-state index contributed by atoms with van der Waals surface area (Å²) in [6.07, 6.45) is 3.49. The van der Waals surface area contributed by atoms with Gasteiger partial charge in [-0.1, -0.05) is 18.6 Å². The highest BCUT2D eigenvalue weighted by Gasteiger charge is 2.76. The molecule has 7 nitrogen and oxygen atoms in total. The van der Waals surface area contributed by atoms with E-state index < -0.39 is 39.7 Å². The number of hydrogen-bond donors (Lipinski definition) is 3. The van der Waals surface area contributed by atoms with Gasteiger partial charge in [-0.2, -0.15) is 0 Å². The van der Waals surface area contributed by atoms with Gasteiger partial charge >= 0.3 is 5.97 Å². The fourth-order valence-corrected chi connectivity index (χ4v) is 8.62. The Morgan fingerprint density at radius 3 is 2.37 bits per heavy atom. The highest BCUT2D eigenvalue weighted by atomic mass is 16.6. The Labute approximate surface area is 206 Å². The Kier molecular flexibility index (Phi) is 5.22. The predicted molar refractivity (Wildman–Crippen MR) is 127 cm³/mol. The maximum atomic E-state index is 13.2. The normalized spacial score (nSPS) is 47.4. The van der Waals surface area contributed by atoms with Crippen LogP contribution in [-0.4, -0.2) is 55.8 Å². The van der Waals surface area contributed by atoms with Crippen LogP contribution in [0.15, 0.2) is 22.8 Å². The molecule has 0 aromatic rings. The van der Waals surface area contributed by atoms with Crippen LogP contribution in [0, 0.1) is 22.7 Å². The van der Waals surface area contributed by atoms with E-state index in [0.29, 0.717) is 36.8 Å². The summed E-state index contributed by atoms with van der Waals surface area (Å²) in [4.78, 5) is 38.3. The first-order chi connectivity index (χ1) is 16.1. The molecule has 0 aromatic heterocycles. The lowest BCUT2D eigenvalue weighted by Gasteiger charge is -2.63. The van der Waals surface area contributed by atoms with Crippen molar-refractivity contribution in [2.24, 2.45) is 22.7 Å². The van der Waals surface area contributed by atoms with Crippen molar-refractivity contribution in [3.63, 3.8) is 0 Å².